The van der Waals surface area contributed by atoms with Crippen molar-refractivity contribution in [3.63, 3.8) is 0 Å². The molecule has 3 atom stereocenters. The Hall–Kier alpha value is -1.14. The highest BCUT2D eigenvalue weighted by Crippen LogP contribution is 2.18. The lowest BCUT2D eigenvalue weighted by molar-refractivity contribution is -0.148. The zero-order valence-electron chi connectivity index (χ0n) is 12.7. The van der Waals surface area contributed by atoms with Gasteiger partial charge in [-0.2, -0.15) is 0 Å². The van der Waals surface area contributed by atoms with Crippen LogP contribution >= 0.6 is 0 Å². The maximum absolute atomic E-state index is 11.0. The molecule has 0 aromatic rings. The fraction of sp³-hybridized carbons (Fsp3) is 0.867. The normalized spacial score (nSPS) is 15.4. The monoisotopic (exact) mass is 304 g/mol. The molecule has 4 N–H and O–H groups in total. The molecule has 0 aliphatic heterocycles. The van der Waals surface area contributed by atoms with Crippen molar-refractivity contribution in [3.05, 3.63) is 0 Å². The lowest BCUT2D eigenvalue weighted by atomic mass is 9.93. The van der Waals surface area contributed by atoms with Crippen molar-refractivity contribution in [1.82, 2.24) is 0 Å². The van der Waals surface area contributed by atoms with E-state index in [0.29, 0.717) is 12.8 Å². The third-order valence-corrected chi connectivity index (χ3v) is 3.69. The number of hydrogen-bond acceptors (Lipinski definition) is 4. The standard InChI is InChI=1S/C15H28O6/c1-2-11(16)8-6-4-3-5-7-9-12(15(20)21)13(17)10-14(18)19/h11-13,16-17H,2-10H2,1H3,(H,18,19)(H,20,21). The first kappa shape index (κ1) is 19.9. The largest absolute Gasteiger partial charge is 0.481 e. The van der Waals surface area contributed by atoms with Crippen molar-refractivity contribution >= 4 is 11.9 Å². The van der Waals surface area contributed by atoms with Crippen LogP contribution in [0.4, 0.5) is 0 Å². The van der Waals surface area contributed by atoms with E-state index in [0.717, 1.165) is 38.5 Å². The van der Waals surface area contributed by atoms with Gasteiger partial charge in [-0.1, -0.05) is 39.0 Å². The molecule has 0 saturated carbocycles. The Balaban J connectivity index is 3.80. The van der Waals surface area contributed by atoms with E-state index in [4.69, 9.17) is 10.2 Å². The summed E-state index contributed by atoms with van der Waals surface area (Å²) in [6.07, 6.45) is 4.17. The molecule has 0 aliphatic carbocycles. The highest BCUT2D eigenvalue weighted by molar-refractivity contribution is 5.73. The van der Waals surface area contributed by atoms with E-state index in [-0.39, 0.29) is 6.10 Å². The van der Waals surface area contributed by atoms with Crippen molar-refractivity contribution in [2.45, 2.75) is 76.9 Å². The van der Waals surface area contributed by atoms with Crippen LogP contribution in [0, 0.1) is 5.92 Å². The van der Waals surface area contributed by atoms with Gasteiger partial charge in [0.25, 0.3) is 0 Å². The number of carboxylic acid groups (broad SMARTS) is 2. The van der Waals surface area contributed by atoms with E-state index in [2.05, 4.69) is 0 Å². The Bertz CT molecular complexity index is 305. The number of carbonyl (C=O) groups is 2. The van der Waals surface area contributed by atoms with Gasteiger partial charge in [0.1, 0.15) is 0 Å². The number of aliphatic hydroxyl groups is 2. The van der Waals surface area contributed by atoms with Crippen molar-refractivity contribution in [2.75, 3.05) is 0 Å². The Morgan fingerprint density at radius 1 is 0.905 bits per heavy atom. The van der Waals surface area contributed by atoms with E-state index in [1.165, 1.54) is 0 Å². The van der Waals surface area contributed by atoms with Gasteiger partial charge in [-0.3, -0.25) is 9.59 Å². The molecule has 124 valence electrons. The fourth-order valence-corrected chi connectivity index (χ4v) is 2.28. The van der Waals surface area contributed by atoms with Gasteiger partial charge in [0.05, 0.1) is 24.5 Å². The maximum Gasteiger partial charge on any atom is 0.309 e. The molecule has 3 unspecified atom stereocenters. The first-order chi connectivity index (χ1) is 9.88. The molecule has 0 amide bonds. The van der Waals surface area contributed by atoms with Crippen LogP contribution < -0.4 is 0 Å². The van der Waals surface area contributed by atoms with Crippen molar-refractivity contribution in [2.24, 2.45) is 5.92 Å². The van der Waals surface area contributed by atoms with Crippen molar-refractivity contribution < 1.29 is 30.0 Å². The van der Waals surface area contributed by atoms with Gasteiger partial charge < -0.3 is 20.4 Å². The second-order valence-electron chi connectivity index (χ2n) is 5.52. The second kappa shape index (κ2) is 11.5. The van der Waals surface area contributed by atoms with Crippen LogP contribution in [0.25, 0.3) is 0 Å². The van der Waals surface area contributed by atoms with Gasteiger partial charge in [0.2, 0.25) is 0 Å². The van der Waals surface area contributed by atoms with Gasteiger partial charge >= 0.3 is 11.9 Å². The maximum atomic E-state index is 11.0. The van der Waals surface area contributed by atoms with E-state index >= 15 is 0 Å². The summed E-state index contributed by atoms with van der Waals surface area (Å²) in [5.41, 5.74) is 0. The molecule has 0 fully saturated rings. The van der Waals surface area contributed by atoms with E-state index < -0.39 is 30.4 Å². The Kier molecular flexibility index (Phi) is 10.9. The van der Waals surface area contributed by atoms with Crippen LogP contribution in [0.15, 0.2) is 0 Å². The van der Waals surface area contributed by atoms with Gasteiger partial charge in [-0.15, -0.1) is 0 Å². The number of hydrogen-bond donors (Lipinski definition) is 4. The topological polar surface area (TPSA) is 115 Å². The molecule has 6 nitrogen and oxygen atoms in total. The first-order valence-corrected chi connectivity index (χ1v) is 7.69. The Labute approximate surface area is 125 Å². The van der Waals surface area contributed by atoms with Crippen LogP contribution in [0.1, 0.15) is 64.7 Å². The van der Waals surface area contributed by atoms with E-state index in [1.807, 2.05) is 6.92 Å². The third kappa shape index (κ3) is 10.3. The SMILES string of the molecule is CCC(O)CCCCCCCC(C(=O)O)C(O)CC(=O)O. The number of aliphatic hydroxyl groups excluding tert-OH is 2. The number of carboxylic acids is 2. The third-order valence-electron chi connectivity index (χ3n) is 3.69. The molecule has 0 spiro atoms. The molecule has 6 heteroatoms. The summed E-state index contributed by atoms with van der Waals surface area (Å²) >= 11 is 0. The molecule has 21 heavy (non-hydrogen) atoms. The van der Waals surface area contributed by atoms with Crippen LogP contribution in [0.3, 0.4) is 0 Å². The summed E-state index contributed by atoms with van der Waals surface area (Å²) in [4.78, 5) is 21.5. The average Bonchev–Trinajstić information content (AvgIpc) is 2.39. The average molecular weight is 304 g/mol. The molecular weight excluding hydrogens is 276 g/mol. The molecule has 0 aromatic heterocycles. The van der Waals surface area contributed by atoms with Crippen LogP contribution in [0.5, 0.6) is 0 Å². The molecule has 0 aliphatic rings. The molecule has 0 aromatic carbocycles. The number of rotatable bonds is 13. The fourth-order valence-electron chi connectivity index (χ4n) is 2.28. The van der Waals surface area contributed by atoms with Crippen LogP contribution in [-0.2, 0) is 9.59 Å². The summed E-state index contributed by atoms with van der Waals surface area (Å²) < 4.78 is 0. The zero-order chi connectivity index (χ0) is 16.3. The minimum atomic E-state index is -1.33. The van der Waals surface area contributed by atoms with Crippen molar-refractivity contribution in [3.8, 4) is 0 Å². The van der Waals surface area contributed by atoms with Gasteiger partial charge in [-0.05, 0) is 19.3 Å². The lowest BCUT2D eigenvalue weighted by Gasteiger charge is -2.17. The molecule has 0 saturated heterocycles. The Morgan fingerprint density at radius 3 is 1.90 bits per heavy atom. The predicted molar refractivity (Wildman–Crippen MR) is 78.0 cm³/mol. The molecular formula is C15H28O6. The molecule has 0 rings (SSSR count). The summed E-state index contributed by atoms with van der Waals surface area (Å²) in [6, 6.07) is 0. The predicted octanol–water partition coefficient (Wildman–Crippen LogP) is 2.02. The Morgan fingerprint density at radius 2 is 1.43 bits per heavy atom. The summed E-state index contributed by atoms with van der Waals surface area (Å²) in [5.74, 6) is -3.35. The smallest absolute Gasteiger partial charge is 0.309 e. The van der Waals surface area contributed by atoms with E-state index in [1.54, 1.807) is 0 Å². The van der Waals surface area contributed by atoms with Crippen LogP contribution in [-0.4, -0.2) is 44.6 Å². The van der Waals surface area contributed by atoms with Gasteiger partial charge in [0.15, 0.2) is 0 Å². The summed E-state index contributed by atoms with van der Waals surface area (Å²) in [5, 5.41) is 36.6. The highest BCUT2D eigenvalue weighted by Gasteiger charge is 2.27. The summed E-state index contributed by atoms with van der Waals surface area (Å²) in [7, 11) is 0. The summed E-state index contributed by atoms with van der Waals surface area (Å²) in [6.45, 7) is 1.94. The van der Waals surface area contributed by atoms with Gasteiger partial charge in [-0.25, -0.2) is 0 Å². The molecule has 0 heterocycles. The number of aliphatic carboxylic acids is 2. The van der Waals surface area contributed by atoms with E-state index in [9.17, 15) is 19.8 Å². The number of unbranched alkanes of at least 4 members (excludes halogenated alkanes) is 4. The lowest BCUT2D eigenvalue weighted by Crippen LogP contribution is -2.30. The minimum absolute atomic E-state index is 0.229. The molecule has 0 radical (unpaired) electrons. The quantitative estimate of drug-likeness (QED) is 0.387. The minimum Gasteiger partial charge on any atom is -0.481 e. The second-order valence-corrected chi connectivity index (χ2v) is 5.52. The van der Waals surface area contributed by atoms with Crippen molar-refractivity contribution in [1.29, 1.82) is 0 Å². The first-order valence-electron chi connectivity index (χ1n) is 7.69. The molecule has 0 bridgehead atoms. The van der Waals surface area contributed by atoms with Crippen LogP contribution in [0.2, 0.25) is 0 Å². The highest BCUT2D eigenvalue weighted by atomic mass is 16.4. The van der Waals surface area contributed by atoms with Gasteiger partial charge in [0, 0.05) is 0 Å². The zero-order valence-corrected chi connectivity index (χ0v) is 12.7.